The number of benzene rings is 1. The van der Waals surface area contributed by atoms with Crippen LogP contribution in [0.4, 0.5) is 0 Å². The van der Waals surface area contributed by atoms with Gasteiger partial charge in [0.2, 0.25) is 0 Å². The lowest BCUT2D eigenvalue weighted by Gasteiger charge is -2.29. The van der Waals surface area contributed by atoms with Gasteiger partial charge in [-0.15, -0.1) is 0 Å². The van der Waals surface area contributed by atoms with E-state index in [1.165, 1.54) is 43.7 Å². The van der Waals surface area contributed by atoms with Crippen LogP contribution in [0.15, 0.2) is 42.7 Å². The van der Waals surface area contributed by atoms with Crippen molar-refractivity contribution < 1.29 is 0 Å². The van der Waals surface area contributed by atoms with Crippen LogP contribution in [0.25, 0.3) is 0 Å². The molecule has 1 aliphatic carbocycles. The summed E-state index contributed by atoms with van der Waals surface area (Å²) in [6.07, 6.45) is 8.04. The number of aromatic nitrogens is 2. The van der Waals surface area contributed by atoms with Gasteiger partial charge in [-0.1, -0.05) is 30.3 Å². The third-order valence-electron chi connectivity index (χ3n) is 5.90. The second-order valence-electron chi connectivity index (χ2n) is 7.35. The van der Waals surface area contributed by atoms with E-state index in [0.29, 0.717) is 11.5 Å². The number of nitrogens with one attached hydrogen (secondary N) is 1. The van der Waals surface area contributed by atoms with Crippen LogP contribution in [0.2, 0.25) is 0 Å². The van der Waals surface area contributed by atoms with Crippen LogP contribution >= 0.6 is 0 Å². The van der Waals surface area contributed by atoms with Gasteiger partial charge < -0.3 is 9.88 Å². The highest BCUT2D eigenvalue weighted by Gasteiger charge is 2.56. The van der Waals surface area contributed by atoms with Gasteiger partial charge in [0.1, 0.15) is 5.82 Å². The van der Waals surface area contributed by atoms with E-state index in [4.69, 9.17) is 0 Å². The normalized spacial score (nSPS) is 22.2. The Kier molecular flexibility index (Phi) is 4.42. The molecule has 1 saturated carbocycles. The van der Waals surface area contributed by atoms with E-state index in [2.05, 4.69) is 63.2 Å². The van der Waals surface area contributed by atoms with Gasteiger partial charge in [0.05, 0.1) is 6.54 Å². The van der Waals surface area contributed by atoms with Crippen molar-refractivity contribution in [1.29, 1.82) is 0 Å². The van der Waals surface area contributed by atoms with E-state index in [0.717, 1.165) is 19.6 Å². The molecule has 4 nitrogen and oxygen atoms in total. The van der Waals surface area contributed by atoms with Gasteiger partial charge in [0.25, 0.3) is 0 Å². The minimum absolute atomic E-state index is 0.559. The molecule has 2 aromatic rings. The zero-order chi connectivity index (χ0) is 16.4. The molecule has 1 N–H and O–H groups in total. The molecule has 2 aliphatic rings. The van der Waals surface area contributed by atoms with Gasteiger partial charge in [0, 0.05) is 31.5 Å². The molecule has 4 heteroatoms. The van der Waals surface area contributed by atoms with Gasteiger partial charge in [-0.05, 0) is 50.3 Å². The first-order chi connectivity index (χ1) is 11.8. The molecule has 0 amide bonds. The fraction of sp³-hybridized carbons (Fsp3) is 0.550. The summed E-state index contributed by atoms with van der Waals surface area (Å²) >= 11 is 0. The highest BCUT2D eigenvalue weighted by molar-refractivity contribution is 5.17. The van der Waals surface area contributed by atoms with Crippen LogP contribution < -0.4 is 5.32 Å². The molecule has 2 heterocycles. The second kappa shape index (κ2) is 6.69. The van der Waals surface area contributed by atoms with Gasteiger partial charge in [-0.25, -0.2) is 4.98 Å². The molecule has 0 radical (unpaired) electrons. The number of hydrogen-bond donors (Lipinski definition) is 1. The van der Waals surface area contributed by atoms with Gasteiger partial charge in [-0.3, -0.25) is 4.90 Å². The molecular weight excluding hydrogens is 296 g/mol. The minimum atomic E-state index is 0.559. The van der Waals surface area contributed by atoms with Gasteiger partial charge >= 0.3 is 0 Å². The third kappa shape index (κ3) is 3.13. The van der Waals surface area contributed by atoms with Crippen molar-refractivity contribution in [3.63, 3.8) is 0 Å². The Hall–Kier alpha value is -1.65. The average Bonchev–Trinajstić information content (AvgIpc) is 3.11. The zero-order valence-electron chi connectivity index (χ0n) is 14.6. The van der Waals surface area contributed by atoms with Crippen molar-refractivity contribution in [3.05, 3.63) is 54.1 Å². The summed E-state index contributed by atoms with van der Waals surface area (Å²) in [7, 11) is 0. The summed E-state index contributed by atoms with van der Waals surface area (Å²) < 4.78 is 2.27. The van der Waals surface area contributed by atoms with E-state index in [1.807, 2.05) is 6.20 Å². The molecular formula is C20H28N4. The van der Waals surface area contributed by atoms with Gasteiger partial charge in [-0.2, -0.15) is 0 Å². The Balaban J connectivity index is 1.53. The molecule has 1 aromatic carbocycles. The summed E-state index contributed by atoms with van der Waals surface area (Å²) in [5, 5.41) is 3.52. The van der Waals surface area contributed by atoms with Crippen LogP contribution in [-0.4, -0.2) is 33.6 Å². The summed E-state index contributed by atoms with van der Waals surface area (Å²) in [4.78, 5) is 7.30. The van der Waals surface area contributed by atoms with Crippen molar-refractivity contribution >= 4 is 0 Å². The number of hydrogen-bond acceptors (Lipinski definition) is 3. The Bertz CT molecular complexity index is 657. The van der Waals surface area contributed by atoms with E-state index in [-0.39, 0.29) is 0 Å². The molecule has 0 bridgehead atoms. The van der Waals surface area contributed by atoms with E-state index < -0.39 is 0 Å². The lowest BCUT2D eigenvalue weighted by Crippen LogP contribution is -2.36. The van der Waals surface area contributed by atoms with E-state index >= 15 is 0 Å². The monoisotopic (exact) mass is 324 g/mol. The van der Waals surface area contributed by atoms with E-state index in [9.17, 15) is 0 Å². The van der Waals surface area contributed by atoms with E-state index in [1.54, 1.807) is 0 Å². The first kappa shape index (κ1) is 15.9. The molecule has 128 valence electrons. The maximum absolute atomic E-state index is 4.62. The molecule has 1 spiro atoms. The van der Waals surface area contributed by atoms with Crippen LogP contribution in [-0.2, 0) is 19.6 Å². The second-order valence-corrected chi connectivity index (χ2v) is 7.35. The van der Waals surface area contributed by atoms with Gasteiger partial charge in [0.15, 0.2) is 0 Å². The first-order valence-electron chi connectivity index (χ1n) is 9.29. The SMILES string of the molecule is CCn1ccnc1CN(Cc1ccccc1)[C@H]1CC12CCNCC2. The average molecular weight is 324 g/mol. The summed E-state index contributed by atoms with van der Waals surface area (Å²) in [6.45, 7) is 7.53. The lowest BCUT2D eigenvalue weighted by atomic mass is 9.93. The molecule has 1 aliphatic heterocycles. The predicted molar refractivity (Wildman–Crippen MR) is 96.5 cm³/mol. The predicted octanol–water partition coefficient (Wildman–Crippen LogP) is 3.05. The largest absolute Gasteiger partial charge is 0.334 e. The molecule has 0 unspecified atom stereocenters. The summed E-state index contributed by atoms with van der Waals surface area (Å²) in [6, 6.07) is 11.6. The van der Waals surface area contributed by atoms with Crippen molar-refractivity contribution in [1.82, 2.24) is 19.8 Å². The topological polar surface area (TPSA) is 33.1 Å². The smallest absolute Gasteiger partial charge is 0.122 e. The van der Waals surface area contributed by atoms with Crippen molar-refractivity contribution in [2.75, 3.05) is 13.1 Å². The molecule has 24 heavy (non-hydrogen) atoms. The number of imidazole rings is 1. The summed E-state index contributed by atoms with van der Waals surface area (Å²) in [5.74, 6) is 1.20. The Morgan fingerprint density at radius 3 is 2.75 bits per heavy atom. The highest BCUT2D eigenvalue weighted by Crippen LogP contribution is 2.56. The number of rotatable bonds is 6. The molecule has 1 aromatic heterocycles. The fourth-order valence-electron chi connectivity index (χ4n) is 4.36. The molecule has 1 saturated heterocycles. The lowest BCUT2D eigenvalue weighted by molar-refractivity contribution is 0.182. The Labute approximate surface area is 144 Å². The quantitative estimate of drug-likeness (QED) is 0.886. The maximum atomic E-state index is 4.62. The van der Waals surface area contributed by atoms with Crippen molar-refractivity contribution in [2.24, 2.45) is 5.41 Å². The van der Waals surface area contributed by atoms with Crippen molar-refractivity contribution in [2.45, 2.75) is 51.9 Å². The van der Waals surface area contributed by atoms with Crippen molar-refractivity contribution in [3.8, 4) is 0 Å². The minimum Gasteiger partial charge on any atom is -0.334 e. The molecule has 4 rings (SSSR count). The van der Waals surface area contributed by atoms with Crippen LogP contribution in [0.5, 0.6) is 0 Å². The van der Waals surface area contributed by atoms with Crippen LogP contribution in [0.1, 0.15) is 37.6 Å². The maximum Gasteiger partial charge on any atom is 0.122 e. The van der Waals surface area contributed by atoms with Crippen LogP contribution in [0.3, 0.4) is 0 Å². The number of aryl methyl sites for hydroxylation is 1. The number of nitrogens with zero attached hydrogens (tertiary/aromatic N) is 3. The first-order valence-corrected chi connectivity index (χ1v) is 9.29. The summed E-state index contributed by atoms with van der Waals surface area (Å²) in [5.41, 5.74) is 1.96. The molecule has 2 fully saturated rings. The highest BCUT2D eigenvalue weighted by atomic mass is 15.2. The standard InChI is InChI=1S/C20H28N4/c1-2-23-13-12-22-19(23)16-24(15-17-6-4-3-5-7-17)18-14-20(18)8-10-21-11-9-20/h3-7,12-13,18,21H,2,8-11,14-16H2,1H3/t18-/m0/s1. The van der Waals surface area contributed by atoms with Crippen LogP contribution in [0, 0.1) is 5.41 Å². The molecule has 1 atom stereocenters. The Morgan fingerprint density at radius 2 is 2.00 bits per heavy atom. The fourth-order valence-corrected chi connectivity index (χ4v) is 4.36. The third-order valence-corrected chi connectivity index (χ3v) is 5.90. The zero-order valence-corrected chi connectivity index (χ0v) is 14.6. The Morgan fingerprint density at radius 1 is 1.21 bits per heavy atom. The number of piperidine rings is 1.